The molecule has 1 unspecified atom stereocenters. The van der Waals surface area contributed by atoms with Gasteiger partial charge in [0.25, 0.3) is 5.91 Å². The lowest BCUT2D eigenvalue weighted by molar-refractivity contribution is -0.189. The van der Waals surface area contributed by atoms with Crippen LogP contribution >= 0.6 is 0 Å². The van der Waals surface area contributed by atoms with E-state index in [1.807, 2.05) is 4.90 Å². The Morgan fingerprint density at radius 3 is 2.28 bits per heavy atom. The number of ether oxygens (including phenoxy) is 1. The van der Waals surface area contributed by atoms with Crippen molar-refractivity contribution < 1.29 is 18.7 Å². The average molecular weight is 446 g/mol. The van der Waals surface area contributed by atoms with Gasteiger partial charge < -0.3 is 14.5 Å². The predicted molar refractivity (Wildman–Crippen MR) is 121 cm³/mol. The minimum atomic E-state index is -0.590. The molecule has 0 radical (unpaired) electrons. The summed E-state index contributed by atoms with van der Waals surface area (Å²) in [6, 6.07) is 6.39. The summed E-state index contributed by atoms with van der Waals surface area (Å²) in [7, 11) is 0. The number of carbonyl (C=O) groups is 2. The molecule has 1 spiro atoms. The van der Waals surface area contributed by atoms with Crippen LogP contribution in [0, 0.1) is 5.82 Å². The number of rotatable bonds is 7. The minimum Gasteiger partial charge on any atom is -0.478 e. The molecule has 1 aromatic rings. The van der Waals surface area contributed by atoms with Gasteiger partial charge in [-0.15, -0.1) is 0 Å². The molecule has 1 atom stereocenters. The molecular weight excluding hydrogens is 409 g/mol. The molecule has 32 heavy (non-hydrogen) atoms. The van der Waals surface area contributed by atoms with Crippen LogP contribution in [0.4, 0.5) is 4.39 Å². The van der Waals surface area contributed by atoms with Crippen molar-refractivity contribution in [3.05, 3.63) is 30.1 Å². The highest BCUT2D eigenvalue weighted by Crippen LogP contribution is 2.45. The summed E-state index contributed by atoms with van der Waals surface area (Å²) in [4.78, 5) is 32.4. The normalized spacial score (nSPS) is 23.5. The monoisotopic (exact) mass is 445 g/mol. The summed E-state index contributed by atoms with van der Waals surface area (Å²) < 4.78 is 19.3. The minimum absolute atomic E-state index is 0.0349. The maximum absolute atomic E-state index is 13.3. The van der Waals surface area contributed by atoms with Crippen molar-refractivity contribution in [3.63, 3.8) is 0 Å². The topological polar surface area (TPSA) is 53.1 Å². The van der Waals surface area contributed by atoms with Gasteiger partial charge in [-0.3, -0.25) is 14.5 Å². The van der Waals surface area contributed by atoms with E-state index in [0.29, 0.717) is 11.8 Å². The number of hydrogen-bond acceptors (Lipinski definition) is 4. The summed E-state index contributed by atoms with van der Waals surface area (Å²) in [5.74, 6) is 0.0762. The van der Waals surface area contributed by atoms with Crippen LogP contribution in [0.5, 0.6) is 5.75 Å². The first-order valence-corrected chi connectivity index (χ1v) is 12.2. The summed E-state index contributed by atoms with van der Waals surface area (Å²) in [6.45, 7) is 7.80. The highest BCUT2D eigenvalue weighted by atomic mass is 19.1. The molecule has 1 aromatic carbocycles. The first kappa shape index (κ1) is 23.0. The lowest BCUT2D eigenvalue weighted by atomic mass is 9.70. The van der Waals surface area contributed by atoms with E-state index in [1.54, 1.807) is 17.0 Å². The first-order valence-electron chi connectivity index (χ1n) is 12.2. The Morgan fingerprint density at radius 2 is 1.69 bits per heavy atom. The molecule has 1 saturated carbocycles. The van der Waals surface area contributed by atoms with Gasteiger partial charge in [0.1, 0.15) is 18.1 Å². The second-order valence-electron chi connectivity index (χ2n) is 9.43. The highest BCUT2D eigenvalue weighted by Gasteiger charge is 2.62. The van der Waals surface area contributed by atoms with Crippen LogP contribution in [0.15, 0.2) is 24.3 Å². The molecule has 1 aliphatic carbocycles. The Labute approximate surface area is 190 Å². The number of benzene rings is 1. The van der Waals surface area contributed by atoms with Crippen molar-refractivity contribution in [1.29, 1.82) is 0 Å². The van der Waals surface area contributed by atoms with E-state index in [0.717, 1.165) is 71.1 Å². The number of hydrogen-bond donors (Lipinski definition) is 0. The molecule has 0 bridgehead atoms. The van der Waals surface area contributed by atoms with Gasteiger partial charge in [0, 0.05) is 32.2 Å². The molecule has 3 aliphatic rings. The van der Waals surface area contributed by atoms with Gasteiger partial charge in [-0.25, -0.2) is 4.39 Å². The Hall–Kier alpha value is -2.15. The van der Waals surface area contributed by atoms with E-state index in [2.05, 4.69) is 18.7 Å². The predicted octanol–water partition coefficient (Wildman–Crippen LogP) is 3.45. The number of β-lactam (4-membered cyclic amide) rings is 1. The molecule has 2 saturated heterocycles. The van der Waals surface area contributed by atoms with Crippen molar-refractivity contribution in [2.75, 3.05) is 32.7 Å². The van der Waals surface area contributed by atoms with Gasteiger partial charge in [0.05, 0.1) is 5.54 Å². The van der Waals surface area contributed by atoms with Gasteiger partial charge >= 0.3 is 0 Å². The zero-order valence-corrected chi connectivity index (χ0v) is 19.4. The summed E-state index contributed by atoms with van der Waals surface area (Å²) in [5.41, 5.74) is -0.420. The quantitative estimate of drug-likeness (QED) is 0.604. The molecular formula is C25H36FN3O3. The fraction of sp³-hybridized carbons (Fsp3) is 0.680. The van der Waals surface area contributed by atoms with E-state index in [4.69, 9.17) is 4.74 Å². The molecule has 4 rings (SSSR count). The Morgan fingerprint density at radius 1 is 1.06 bits per heavy atom. The third-order valence-electron chi connectivity index (χ3n) is 7.72. The van der Waals surface area contributed by atoms with E-state index in [1.165, 1.54) is 12.1 Å². The van der Waals surface area contributed by atoms with E-state index < -0.39 is 11.6 Å². The Kier molecular flexibility index (Phi) is 7.03. The van der Waals surface area contributed by atoms with Crippen LogP contribution in [0.2, 0.25) is 0 Å². The molecule has 7 heteroatoms. The molecule has 176 valence electrons. The second-order valence-corrected chi connectivity index (χ2v) is 9.43. The molecule has 2 amide bonds. The van der Waals surface area contributed by atoms with E-state index in [9.17, 15) is 14.0 Å². The highest BCUT2D eigenvalue weighted by molar-refractivity contribution is 5.94. The number of halogens is 1. The van der Waals surface area contributed by atoms with Gasteiger partial charge in [0.15, 0.2) is 6.10 Å². The maximum Gasteiger partial charge on any atom is 0.267 e. The number of amides is 2. The number of piperazine rings is 1. The van der Waals surface area contributed by atoms with Gasteiger partial charge in [-0.2, -0.15) is 0 Å². The lowest BCUT2D eigenvalue weighted by Gasteiger charge is -2.58. The van der Waals surface area contributed by atoms with Crippen molar-refractivity contribution in [3.8, 4) is 5.75 Å². The number of nitrogens with zero attached hydrogens (tertiary/aromatic N) is 3. The zero-order chi connectivity index (χ0) is 22.7. The van der Waals surface area contributed by atoms with Crippen molar-refractivity contribution >= 4 is 11.8 Å². The molecule has 2 heterocycles. The smallest absolute Gasteiger partial charge is 0.267 e. The molecule has 6 nitrogen and oxygen atoms in total. The number of carbonyl (C=O) groups excluding carboxylic acids is 2. The number of likely N-dealkylation sites (tertiary alicyclic amines) is 1. The van der Waals surface area contributed by atoms with Gasteiger partial charge in [-0.1, -0.05) is 33.1 Å². The third kappa shape index (κ3) is 4.36. The summed E-state index contributed by atoms with van der Waals surface area (Å²) in [5, 5.41) is 0. The molecule has 0 N–H and O–H groups in total. The van der Waals surface area contributed by atoms with Crippen molar-refractivity contribution in [2.24, 2.45) is 0 Å². The fourth-order valence-corrected chi connectivity index (χ4v) is 5.78. The standard InChI is InChI=1S/C25H36FN3O3/c1-3-20(4-2)27-14-16-28(17-15-27)22(30)18-29-24(31)23(25(29)12-6-5-7-13-25)32-21-10-8-19(26)9-11-21/h8-11,20,23H,3-7,12-18H2,1-2H3. The lowest BCUT2D eigenvalue weighted by Crippen LogP contribution is -2.77. The molecule has 2 aliphatic heterocycles. The van der Waals surface area contributed by atoms with Crippen LogP contribution in [0.25, 0.3) is 0 Å². The Balaban J connectivity index is 1.40. The third-order valence-corrected chi connectivity index (χ3v) is 7.72. The van der Waals surface area contributed by atoms with E-state index in [-0.39, 0.29) is 24.2 Å². The average Bonchev–Trinajstić information content (AvgIpc) is 2.83. The van der Waals surface area contributed by atoms with E-state index >= 15 is 0 Å². The van der Waals surface area contributed by atoms with Crippen LogP contribution in [0.1, 0.15) is 58.8 Å². The van der Waals surface area contributed by atoms with Crippen LogP contribution in [-0.4, -0.2) is 76.9 Å². The van der Waals surface area contributed by atoms with Crippen molar-refractivity contribution in [2.45, 2.75) is 76.5 Å². The SMILES string of the molecule is CCC(CC)N1CCN(C(=O)CN2C(=O)C(Oc3ccc(F)cc3)C23CCCCC3)CC1. The first-order chi connectivity index (χ1) is 15.5. The zero-order valence-electron chi connectivity index (χ0n) is 19.4. The maximum atomic E-state index is 13.3. The second kappa shape index (κ2) is 9.77. The Bertz CT molecular complexity index is 797. The molecule has 0 aromatic heterocycles. The molecule has 3 fully saturated rings. The van der Waals surface area contributed by atoms with Crippen LogP contribution < -0.4 is 4.74 Å². The van der Waals surface area contributed by atoms with Gasteiger partial charge in [0.2, 0.25) is 5.91 Å². The van der Waals surface area contributed by atoms with Crippen LogP contribution in [0.3, 0.4) is 0 Å². The fourth-order valence-electron chi connectivity index (χ4n) is 5.78. The van der Waals surface area contributed by atoms with Gasteiger partial charge in [-0.05, 0) is 49.9 Å². The summed E-state index contributed by atoms with van der Waals surface area (Å²) in [6.07, 6.45) is 6.55. The summed E-state index contributed by atoms with van der Waals surface area (Å²) >= 11 is 0. The largest absolute Gasteiger partial charge is 0.478 e. The van der Waals surface area contributed by atoms with Crippen molar-refractivity contribution in [1.82, 2.24) is 14.7 Å². The van der Waals surface area contributed by atoms with Crippen LogP contribution in [-0.2, 0) is 9.59 Å².